The lowest BCUT2D eigenvalue weighted by Crippen LogP contribution is -2.38. The highest BCUT2D eigenvalue weighted by molar-refractivity contribution is 5.78. The van der Waals surface area contributed by atoms with Crippen molar-refractivity contribution >= 4 is 11.7 Å². The Morgan fingerprint density at radius 1 is 1.13 bits per heavy atom. The molecule has 2 aromatic rings. The van der Waals surface area contributed by atoms with Crippen LogP contribution in [0.25, 0.3) is 0 Å². The number of rotatable bonds is 9. The molecule has 0 radical (unpaired) electrons. The van der Waals surface area contributed by atoms with Crippen LogP contribution in [0.4, 0.5) is 5.69 Å². The molecule has 0 aliphatic heterocycles. The Balaban J connectivity index is 1.95. The summed E-state index contributed by atoms with van der Waals surface area (Å²) < 4.78 is 5.67. The molecule has 2 rings (SSSR count). The molecule has 0 aliphatic carbocycles. The molecule has 0 saturated carbocycles. The number of benzene rings is 2. The molecule has 0 unspecified atom stereocenters. The highest BCUT2D eigenvalue weighted by Crippen LogP contribution is 2.15. The van der Waals surface area contributed by atoms with Crippen LogP contribution in [-0.4, -0.2) is 23.7 Å². The Labute approximate surface area is 136 Å². The van der Waals surface area contributed by atoms with Crippen molar-refractivity contribution in [3.8, 4) is 0 Å². The van der Waals surface area contributed by atoms with Crippen LogP contribution in [0.5, 0.6) is 0 Å². The second-order valence-electron chi connectivity index (χ2n) is 5.23. The molecule has 0 aliphatic rings. The molecule has 0 spiro atoms. The average molecular weight is 311 g/mol. The number of anilines is 1. The molecule has 2 N–H and O–H groups in total. The van der Waals surface area contributed by atoms with Gasteiger partial charge in [0.2, 0.25) is 0 Å². The van der Waals surface area contributed by atoms with E-state index in [4.69, 9.17) is 4.74 Å². The lowest BCUT2D eigenvalue weighted by molar-refractivity contribution is -0.139. The molecule has 4 heteroatoms. The van der Waals surface area contributed by atoms with Gasteiger partial charge in [-0.1, -0.05) is 54.6 Å². The van der Waals surface area contributed by atoms with Crippen LogP contribution in [-0.2, 0) is 16.1 Å². The molecule has 4 nitrogen and oxygen atoms in total. The second-order valence-corrected chi connectivity index (χ2v) is 5.23. The predicted molar refractivity (Wildman–Crippen MR) is 91.3 cm³/mol. The minimum Gasteiger partial charge on any atom is -0.480 e. The molecular formula is C19H21NO3. The summed E-state index contributed by atoms with van der Waals surface area (Å²) in [6.07, 6.45) is 1.62. The van der Waals surface area contributed by atoms with Crippen molar-refractivity contribution in [1.29, 1.82) is 0 Å². The summed E-state index contributed by atoms with van der Waals surface area (Å²) in [7, 11) is 0. The number of hydrogen-bond acceptors (Lipinski definition) is 3. The van der Waals surface area contributed by atoms with E-state index >= 15 is 0 Å². The van der Waals surface area contributed by atoms with Gasteiger partial charge in [-0.05, 0) is 17.7 Å². The van der Waals surface area contributed by atoms with Crippen LogP contribution in [0.15, 0.2) is 73.3 Å². The van der Waals surface area contributed by atoms with Crippen molar-refractivity contribution in [2.24, 2.45) is 5.92 Å². The maximum Gasteiger partial charge on any atom is 0.326 e. The van der Waals surface area contributed by atoms with Gasteiger partial charge in [0.1, 0.15) is 6.04 Å². The molecule has 0 aromatic heterocycles. The minimum atomic E-state index is -0.929. The van der Waals surface area contributed by atoms with E-state index in [1.54, 1.807) is 6.08 Å². The van der Waals surface area contributed by atoms with Crippen molar-refractivity contribution in [2.45, 2.75) is 12.6 Å². The van der Waals surface area contributed by atoms with Crippen molar-refractivity contribution in [2.75, 3.05) is 11.9 Å². The van der Waals surface area contributed by atoms with E-state index in [-0.39, 0.29) is 12.5 Å². The van der Waals surface area contributed by atoms with E-state index in [1.807, 2.05) is 60.7 Å². The summed E-state index contributed by atoms with van der Waals surface area (Å²) in [4.78, 5) is 11.6. The molecule has 0 fully saturated rings. The molecule has 2 aromatic carbocycles. The minimum absolute atomic E-state index is 0.287. The maximum absolute atomic E-state index is 11.6. The van der Waals surface area contributed by atoms with Crippen LogP contribution in [0.2, 0.25) is 0 Å². The zero-order chi connectivity index (χ0) is 16.5. The first-order chi connectivity index (χ1) is 11.2. The first-order valence-corrected chi connectivity index (χ1v) is 7.49. The Morgan fingerprint density at radius 3 is 2.30 bits per heavy atom. The van der Waals surface area contributed by atoms with Gasteiger partial charge in [-0.25, -0.2) is 4.79 Å². The molecule has 0 amide bonds. The van der Waals surface area contributed by atoms with Crippen LogP contribution in [0.1, 0.15) is 5.56 Å². The molecule has 0 bridgehead atoms. The fourth-order valence-electron chi connectivity index (χ4n) is 2.25. The van der Waals surface area contributed by atoms with E-state index in [9.17, 15) is 9.90 Å². The highest BCUT2D eigenvalue weighted by Gasteiger charge is 2.26. The van der Waals surface area contributed by atoms with E-state index in [0.29, 0.717) is 6.61 Å². The van der Waals surface area contributed by atoms with Crippen LogP contribution in [0.3, 0.4) is 0 Å². The number of para-hydroxylation sites is 1. The largest absolute Gasteiger partial charge is 0.480 e. The molecule has 120 valence electrons. The lowest BCUT2D eigenvalue weighted by atomic mass is 10.0. The molecular weight excluding hydrogens is 290 g/mol. The van der Waals surface area contributed by atoms with Crippen molar-refractivity contribution in [3.05, 3.63) is 78.9 Å². The quantitative estimate of drug-likeness (QED) is 0.695. The molecule has 23 heavy (non-hydrogen) atoms. The van der Waals surface area contributed by atoms with Crippen LogP contribution >= 0.6 is 0 Å². The number of carbonyl (C=O) groups is 1. The smallest absolute Gasteiger partial charge is 0.326 e. The van der Waals surface area contributed by atoms with Gasteiger partial charge in [-0.3, -0.25) is 0 Å². The Hall–Kier alpha value is -2.59. The van der Waals surface area contributed by atoms with Gasteiger partial charge in [0, 0.05) is 11.6 Å². The van der Waals surface area contributed by atoms with Gasteiger partial charge >= 0.3 is 5.97 Å². The second kappa shape index (κ2) is 8.76. The fraction of sp³-hybridized carbons (Fsp3) is 0.211. The number of carboxylic acids is 1. The Kier molecular flexibility index (Phi) is 6.39. The number of carboxylic acid groups (broad SMARTS) is 1. The normalized spacial score (nSPS) is 13.0. The summed E-state index contributed by atoms with van der Waals surface area (Å²) in [5, 5.41) is 12.5. The van der Waals surface area contributed by atoms with Crippen molar-refractivity contribution in [1.82, 2.24) is 0 Å². The first-order valence-electron chi connectivity index (χ1n) is 7.49. The summed E-state index contributed by atoms with van der Waals surface area (Å²) in [6, 6.07) is 18.3. The SMILES string of the molecule is C=C[C@@H](COCc1ccccc1)[C@@H](Nc1ccccc1)C(=O)O. The molecule has 2 atom stereocenters. The number of hydrogen-bond donors (Lipinski definition) is 2. The summed E-state index contributed by atoms with van der Waals surface area (Å²) in [5.74, 6) is -1.27. The maximum atomic E-state index is 11.6. The number of ether oxygens (including phenoxy) is 1. The van der Waals surface area contributed by atoms with Gasteiger partial charge < -0.3 is 15.2 Å². The van der Waals surface area contributed by atoms with Gasteiger partial charge in [-0.2, -0.15) is 0 Å². The van der Waals surface area contributed by atoms with Crippen molar-refractivity contribution < 1.29 is 14.6 Å². The highest BCUT2D eigenvalue weighted by atomic mass is 16.5. The van der Waals surface area contributed by atoms with Crippen LogP contribution in [0, 0.1) is 5.92 Å². The summed E-state index contributed by atoms with van der Waals surface area (Å²) in [6.45, 7) is 4.48. The Morgan fingerprint density at radius 2 is 1.74 bits per heavy atom. The molecule has 0 heterocycles. The van der Waals surface area contributed by atoms with E-state index in [0.717, 1.165) is 11.3 Å². The van der Waals surface area contributed by atoms with Crippen LogP contribution < -0.4 is 5.32 Å². The lowest BCUT2D eigenvalue weighted by Gasteiger charge is -2.23. The fourth-order valence-corrected chi connectivity index (χ4v) is 2.25. The molecule has 0 saturated heterocycles. The number of aliphatic carboxylic acids is 1. The van der Waals surface area contributed by atoms with E-state index in [2.05, 4.69) is 11.9 Å². The standard InChI is InChI=1S/C19H21NO3/c1-2-16(14-23-13-15-9-5-3-6-10-15)18(19(21)22)20-17-11-7-4-8-12-17/h2-12,16,18,20H,1,13-14H2,(H,21,22)/t16-,18+/m0/s1. The summed E-state index contributed by atoms with van der Waals surface area (Å²) in [5.41, 5.74) is 1.81. The third-order valence-electron chi connectivity index (χ3n) is 3.51. The first kappa shape index (κ1) is 16.8. The Bertz CT molecular complexity index is 613. The average Bonchev–Trinajstić information content (AvgIpc) is 2.59. The monoisotopic (exact) mass is 311 g/mol. The van der Waals surface area contributed by atoms with E-state index < -0.39 is 12.0 Å². The topological polar surface area (TPSA) is 58.6 Å². The predicted octanol–water partition coefficient (Wildman–Crippen LogP) is 3.57. The van der Waals surface area contributed by atoms with Gasteiger partial charge in [-0.15, -0.1) is 6.58 Å². The zero-order valence-corrected chi connectivity index (χ0v) is 12.9. The van der Waals surface area contributed by atoms with Gasteiger partial charge in [0.25, 0.3) is 0 Å². The van der Waals surface area contributed by atoms with Crippen molar-refractivity contribution in [3.63, 3.8) is 0 Å². The third-order valence-corrected chi connectivity index (χ3v) is 3.51. The zero-order valence-electron chi connectivity index (χ0n) is 12.9. The van der Waals surface area contributed by atoms with Gasteiger partial charge in [0.15, 0.2) is 0 Å². The van der Waals surface area contributed by atoms with Gasteiger partial charge in [0.05, 0.1) is 13.2 Å². The third kappa shape index (κ3) is 5.27. The van der Waals surface area contributed by atoms with E-state index in [1.165, 1.54) is 0 Å². The number of nitrogens with one attached hydrogen (secondary N) is 1. The summed E-state index contributed by atoms with van der Waals surface area (Å²) >= 11 is 0.